The number of carbonyl (C=O) groups is 1. The molecule has 13 heavy (non-hydrogen) atoms. The second kappa shape index (κ2) is 3.91. The van der Waals surface area contributed by atoms with E-state index in [0.29, 0.717) is 5.69 Å². The highest BCUT2D eigenvalue weighted by molar-refractivity contribution is 9.10. The Hall–Kier alpha value is -0.840. The molecular formula is C8H11BrN2O2. The van der Waals surface area contributed by atoms with Crippen LogP contribution in [0.2, 0.25) is 0 Å². The number of methoxy groups -OCH3 is 1. The second-order valence-corrected chi connectivity index (χ2v) is 3.52. The molecule has 0 aromatic carbocycles. The number of hydrogen-bond acceptors (Lipinski definition) is 3. The Morgan fingerprint density at radius 3 is 2.69 bits per heavy atom. The van der Waals surface area contributed by atoms with E-state index in [1.54, 1.807) is 4.68 Å². The third kappa shape index (κ3) is 2.09. The number of aromatic nitrogens is 2. The fourth-order valence-corrected chi connectivity index (χ4v) is 1.45. The molecule has 0 aliphatic heterocycles. The van der Waals surface area contributed by atoms with Crippen molar-refractivity contribution in [1.29, 1.82) is 0 Å². The predicted octanol–water partition coefficient (Wildman–Crippen LogP) is 1.21. The number of nitrogens with zero attached hydrogens (tertiary/aromatic N) is 2. The summed E-state index contributed by atoms with van der Waals surface area (Å²) in [6.07, 6.45) is 0.207. The van der Waals surface area contributed by atoms with Crippen LogP contribution in [-0.4, -0.2) is 22.9 Å². The number of rotatable bonds is 2. The van der Waals surface area contributed by atoms with Gasteiger partial charge in [-0.25, -0.2) is 0 Å². The van der Waals surface area contributed by atoms with Crippen molar-refractivity contribution in [2.75, 3.05) is 7.11 Å². The molecule has 0 aliphatic rings. The van der Waals surface area contributed by atoms with E-state index in [1.165, 1.54) is 7.11 Å². The molecule has 0 saturated carbocycles. The quantitative estimate of drug-likeness (QED) is 0.738. The molecule has 0 atom stereocenters. The van der Waals surface area contributed by atoms with Crippen molar-refractivity contribution in [3.63, 3.8) is 0 Å². The summed E-state index contributed by atoms with van der Waals surface area (Å²) in [5.41, 5.74) is 1.71. The van der Waals surface area contributed by atoms with Crippen molar-refractivity contribution in [3.8, 4) is 0 Å². The van der Waals surface area contributed by atoms with E-state index in [1.807, 2.05) is 14.0 Å². The monoisotopic (exact) mass is 246 g/mol. The molecule has 1 aromatic heterocycles. The zero-order valence-corrected chi connectivity index (χ0v) is 9.38. The summed E-state index contributed by atoms with van der Waals surface area (Å²) in [5.74, 6) is -0.279. The molecule has 0 fully saturated rings. The molecule has 4 nitrogen and oxygen atoms in total. The number of esters is 1. The molecule has 0 saturated heterocycles. The smallest absolute Gasteiger partial charge is 0.311 e. The predicted molar refractivity (Wildman–Crippen MR) is 51.4 cm³/mol. The van der Waals surface area contributed by atoms with Gasteiger partial charge in [-0.05, 0) is 22.9 Å². The third-order valence-corrected chi connectivity index (χ3v) is 2.90. The molecule has 0 spiro atoms. The topological polar surface area (TPSA) is 44.1 Å². The zero-order chi connectivity index (χ0) is 10.0. The van der Waals surface area contributed by atoms with Gasteiger partial charge in [0.2, 0.25) is 0 Å². The first-order valence-electron chi connectivity index (χ1n) is 3.81. The van der Waals surface area contributed by atoms with Gasteiger partial charge in [-0.15, -0.1) is 0 Å². The van der Waals surface area contributed by atoms with Gasteiger partial charge in [-0.3, -0.25) is 9.48 Å². The lowest BCUT2D eigenvalue weighted by molar-refractivity contribution is -0.139. The molecule has 0 N–H and O–H groups in total. The Labute approximate surface area is 85.0 Å². The van der Waals surface area contributed by atoms with E-state index in [-0.39, 0.29) is 12.4 Å². The van der Waals surface area contributed by atoms with Gasteiger partial charge in [-0.2, -0.15) is 5.10 Å². The van der Waals surface area contributed by atoms with Gasteiger partial charge in [0, 0.05) is 12.7 Å². The Morgan fingerprint density at radius 2 is 2.31 bits per heavy atom. The average Bonchev–Trinajstić information content (AvgIpc) is 2.34. The van der Waals surface area contributed by atoms with Gasteiger partial charge in [-0.1, -0.05) is 0 Å². The molecule has 0 bridgehead atoms. The van der Waals surface area contributed by atoms with Crippen molar-refractivity contribution in [1.82, 2.24) is 9.78 Å². The summed E-state index contributed by atoms with van der Waals surface area (Å²) < 4.78 is 7.15. The van der Waals surface area contributed by atoms with Gasteiger partial charge in [0.05, 0.1) is 23.7 Å². The summed E-state index contributed by atoms with van der Waals surface area (Å²) in [4.78, 5) is 11.0. The third-order valence-electron chi connectivity index (χ3n) is 1.87. The maximum atomic E-state index is 11.0. The number of aryl methyl sites for hydroxylation is 1. The minimum absolute atomic E-state index is 0.207. The van der Waals surface area contributed by atoms with Crippen molar-refractivity contribution in [3.05, 3.63) is 15.9 Å². The minimum atomic E-state index is -0.279. The van der Waals surface area contributed by atoms with E-state index < -0.39 is 0 Å². The first-order valence-corrected chi connectivity index (χ1v) is 4.60. The van der Waals surface area contributed by atoms with Gasteiger partial charge >= 0.3 is 5.97 Å². The van der Waals surface area contributed by atoms with Crippen LogP contribution in [0, 0.1) is 6.92 Å². The highest BCUT2D eigenvalue weighted by Gasteiger charge is 2.13. The molecule has 0 aliphatic carbocycles. The lowest BCUT2D eigenvalue weighted by atomic mass is 10.3. The van der Waals surface area contributed by atoms with Crippen LogP contribution in [0.5, 0.6) is 0 Å². The van der Waals surface area contributed by atoms with E-state index in [9.17, 15) is 4.79 Å². The highest BCUT2D eigenvalue weighted by Crippen LogP contribution is 2.20. The fourth-order valence-electron chi connectivity index (χ4n) is 0.973. The van der Waals surface area contributed by atoms with Gasteiger partial charge in [0.25, 0.3) is 0 Å². The van der Waals surface area contributed by atoms with E-state index in [4.69, 9.17) is 0 Å². The second-order valence-electron chi connectivity index (χ2n) is 2.72. The molecule has 1 heterocycles. The standard InChI is InChI=1S/C8H11BrN2O2/c1-5-8(9)6(10-11(5)2)4-7(12)13-3/h4H2,1-3H3. The summed E-state index contributed by atoms with van der Waals surface area (Å²) in [6.45, 7) is 1.93. The Bertz CT molecular complexity index is 333. The van der Waals surface area contributed by atoms with Crippen LogP contribution in [0.4, 0.5) is 0 Å². The molecule has 0 unspecified atom stereocenters. The molecule has 72 valence electrons. The maximum Gasteiger partial charge on any atom is 0.311 e. The van der Waals surface area contributed by atoms with E-state index in [2.05, 4.69) is 25.8 Å². The molecule has 0 amide bonds. The number of carbonyl (C=O) groups excluding carboxylic acids is 1. The summed E-state index contributed by atoms with van der Waals surface area (Å²) in [6, 6.07) is 0. The first kappa shape index (κ1) is 10.2. The first-order chi connectivity index (χ1) is 6.06. The molecular weight excluding hydrogens is 236 g/mol. The lowest BCUT2D eigenvalue weighted by Gasteiger charge is -1.95. The maximum absolute atomic E-state index is 11.0. The van der Waals surface area contributed by atoms with Crippen LogP contribution in [0.15, 0.2) is 4.47 Å². The molecule has 0 radical (unpaired) electrons. The van der Waals surface area contributed by atoms with Crippen molar-refractivity contribution in [2.24, 2.45) is 7.05 Å². The van der Waals surface area contributed by atoms with Crippen LogP contribution < -0.4 is 0 Å². The van der Waals surface area contributed by atoms with Crippen molar-refractivity contribution in [2.45, 2.75) is 13.3 Å². The SMILES string of the molecule is COC(=O)Cc1nn(C)c(C)c1Br. The molecule has 5 heteroatoms. The van der Waals surface area contributed by atoms with E-state index >= 15 is 0 Å². The summed E-state index contributed by atoms with van der Waals surface area (Å²) in [5, 5.41) is 4.17. The molecule has 1 aromatic rings. The lowest BCUT2D eigenvalue weighted by Crippen LogP contribution is -2.05. The van der Waals surface area contributed by atoms with Crippen LogP contribution >= 0.6 is 15.9 Å². The Kier molecular flexibility index (Phi) is 3.08. The van der Waals surface area contributed by atoms with Crippen LogP contribution in [-0.2, 0) is 23.0 Å². The van der Waals surface area contributed by atoms with Gasteiger partial charge in [0.15, 0.2) is 0 Å². The largest absolute Gasteiger partial charge is 0.469 e. The number of halogens is 1. The molecule has 1 rings (SSSR count). The summed E-state index contributed by atoms with van der Waals surface area (Å²) in [7, 11) is 3.20. The average molecular weight is 247 g/mol. The van der Waals surface area contributed by atoms with Gasteiger partial charge in [0.1, 0.15) is 0 Å². The zero-order valence-electron chi connectivity index (χ0n) is 7.80. The fraction of sp³-hybridized carbons (Fsp3) is 0.500. The Morgan fingerprint density at radius 1 is 1.69 bits per heavy atom. The number of hydrogen-bond donors (Lipinski definition) is 0. The van der Waals surface area contributed by atoms with Crippen LogP contribution in [0.3, 0.4) is 0 Å². The minimum Gasteiger partial charge on any atom is -0.469 e. The van der Waals surface area contributed by atoms with Crippen LogP contribution in [0.25, 0.3) is 0 Å². The van der Waals surface area contributed by atoms with Crippen LogP contribution in [0.1, 0.15) is 11.4 Å². The normalized spacial score (nSPS) is 10.2. The number of ether oxygens (including phenoxy) is 1. The highest BCUT2D eigenvalue weighted by atomic mass is 79.9. The summed E-state index contributed by atoms with van der Waals surface area (Å²) >= 11 is 3.37. The van der Waals surface area contributed by atoms with Crippen molar-refractivity contribution < 1.29 is 9.53 Å². The Balaban J connectivity index is 2.90. The van der Waals surface area contributed by atoms with Crippen molar-refractivity contribution >= 4 is 21.9 Å². The van der Waals surface area contributed by atoms with E-state index in [0.717, 1.165) is 10.2 Å². The van der Waals surface area contributed by atoms with Gasteiger partial charge < -0.3 is 4.74 Å².